The van der Waals surface area contributed by atoms with Crippen LogP contribution in [0.4, 0.5) is 0 Å². The molecule has 0 aliphatic carbocycles. The summed E-state index contributed by atoms with van der Waals surface area (Å²) in [5.41, 5.74) is 0. The predicted molar refractivity (Wildman–Crippen MR) is 79.8 cm³/mol. The van der Waals surface area contributed by atoms with Crippen LogP contribution in [-0.2, 0) is 4.79 Å². The predicted octanol–water partition coefficient (Wildman–Crippen LogP) is 2.10. The van der Waals surface area contributed by atoms with Gasteiger partial charge in [-0.3, -0.25) is 4.79 Å². The molecule has 0 bridgehead atoms. The van der Waals surface area contributed by atoms with Gasteiger partial charge in [0.15, 0.2) is 0 Å². The van der Waals surface area contributed by atoms with Gasteiger partial charge in [-0.1, -0.05) is 24.6 Å². The van der Waals surface area contributed by atoms with Gasteiger partial charge in [-0.05, 0) is 37.9 Å². The van der Waals surface area contributed by atoms with Crippen LogP contribution in [0.5, 0.6) is 5.75 Å². The number of carbonyl (C=O) groups excluding carboxylic acids is 1. The Labute approximate surface area is 120 Å². The molecule has 1 unspecified atom stereocenters. The third kappa shape index (κ3) is 5.61. The zero-order chi connectivity index (χ0) is 14.0. The summed E-state index contributed by atoms with van der Waals surface area (Å²) in [6.45, 7) is 2.17. The van der Waals surface area contributed by atoms with Gasteiger partial charge in [0.2, 0.25) is 5.91 Å². The van der Waals surface area contributed by atoms with Crippen LogP contribution in [0.15, 0.2) is 30.3 Å². The minimum Gasteiger partial charge on any atom is -0.492 e. The summed E-state index contributed by atoms with van der Waals surface area (Å²) in [4.78, 5) is 11.7. The van der Waals surface area contributed by atoms with Crippen molar-refractivity contribution in [3.63, 3.8) is 0 Å². The number of benzene rings is 1. The number of hydrogen-bond acceptors (Lipinski definition) is 3. The molecule has 1 heterocycles. The Morgan fingerprint density at radius 1 is 1.30 bits per heavy atom. The van der Waals surface area contributed by atoms with Crippen molar-refractivity contribution in [2.45, 2.75) is 38.1 Å². The topological polar surface area (TPSA) is 50.4 Å². The normalized spacial score (nSPS) is 18.5. The van der Waals surface area contributed by atoms with E-state index in [0.717, 1.165) is 18.7 Å². The Morgan fingerprint density at radius 2 is 2.15 bits per heavy atom. The number of hydrogen-bond donors (Lipinski definition) is 2. The van der Waals surface area contributed by atoms with Gasteiger partial charge in [0, 0.05) is 12.5 Å². The van der Waals surface area contributed by atoms with Crippen LogP contribution in [0.25, 0.3) is 0 Å². The van der Waals surface area contributed by atoms with E-state index in [1.165, 1.54) is 19.3 Å². The van der Waals surface area contributed by atoms with Gasteiger partial charge in [-0.15, -0.1) is 0 Å². The van der Waals surface area contributed by atoms with E-state index in [1.54, 1.807) is 0 Å². The molecule has 1 fully saturated rings. The second-order valence-corrected chi connectivity index (χ2v) is 5.20. The van der Waals surface area contributed by atoms with Crippen molar-refractivity contribution in [2.75, 3.05) is 19.7 Å². The zero-order valence-electron chi connectivity index (χ0n) is 11.9. The fraction of sp³-hybridized carbons (Fsp3) is 0.562. The van der Waals surface area contributed by atoms with Crippen molar-refractivity contribution < 1.29 is 9.53 Å². The highest BCUT2D eigenvalue weighted by atomic mass is 16.5. The molecule has 1 saturated heterocycles. The fourth-order valence-corrected chi connectivity index (χ4v) is 2.44. The first kappa shape index (κ1) is 14.9. The summed E-state index contributed by atoms with van der Waals surface area (Å²) in [5, 5.41) is 6.36. The summed E-state index contributed by atoms with van der Waals surface area (Å²) in [7, 11) is 0. The average Bonchev–Trinajstić information content (AvgIpc) is 2.52. The van der Waals surface area contributed by atoms with Gasteiger partial charge in [-0.25, -0.2) is 0 Å². The van der Waals surface area contributed by atoms with E-state index in [9.17, 15) is 4.79 Å². The summed E-state index contributed by atoms with van der Waals surface area (Å²) >= 11 is 0. The number of rotatable bonds is 7. The third-order valence-electron chi connectivity index (χ3n) is 3.57. The van der Waals surface area contributed by atoms with Gasteiger partial charge >= 0.3 is 0 Å². The Bertz CT molecular complexity index is 389. The minimum absolute atomic E-state index is 0.119. The molecule has 20 heavy (non-hydrogen) atoms. The van der Waals surface area contributed by atoms with E-state index in [1.807, 2.05) is 30.3 Å². The molecule has 1 atom stereocenters. The lowest BCUT2D eigenvalue weighted by Crippen LogP contribution is -2.35. The smallest absolute Gasteiger partial charge is 0.220 e. The van der Waals surface area contributed by atoms with Gasteiger partial charge < -0.3 is 15.4 Å². The highest BCUT2D eigenvalue weighted by Gasteiger charge is 2.13. The van der Waals surface area contributed by atoms with Crippen molar-refractivity contribution in [1.29, 1.82) is 0 Å². The van der Waals surface area contributed by atoms with Crippen molar-refractivity contribution in [2.24, 2.45) is 0 Å². The van der Waals surface area contributed by atoms with Crippen molar-refractivity contribution in [1.82, 2.24) is 10.6 Å². The second kappa shape index (κ2) is 8.59. The molecule has 1 aliphatic rings. The lowest BCUT2D eigenvalue weighted by Gasteiger charge is -2.23. The molecule has 1 aromatic carbocycles. The molecule has 0 saturated carbocycles. The van der Waals surface area contributed by atoms with Crippen LogP contribution in [-0.4, -0.2) is 31.6 Å². The molecule has 1 aromatic rings. The number of ether oxygens (including phenoxy) is 1. The summed E-state index contributed by atoms with van der Waals surface area (Å²) in [6, 6.07) is 10.2. The number of para-hydroxylation sites is 1. The fourth-order valence-electron chi connectivity index (χ4n) is 2.44. The lowest BCUT2D eigenvalue weighted by atomic mass is 10.0. The monoisotopic (exact) mass is 276 g/mol. The number of amides is 1. The molecule has 4 nitrogen and oxygen atoms in total. The van der Waals surface area contributed by atoms with Gasteiger partial charge in [0.25, 0.3) is 0 Å². The third-order valence-corrected chi connectivity index (χ3v) is 3.57. The van der Waals surface area contributed by atoms with Crippen LogP contribution >= 0.6 is 0 Å². The second-order valence-electron chi connectivity index (χ2n) is 5.20. The molecule has 0 spiro atoms. The Morgan fingerprint density at radius 3 is 2.90 bits per heavy atom. The van der Waals surface area contributed by atoms with Crippen molar-refractivity contribution >= 4 is 5.91 Å². The minimum atomic E-state index is 0.119. The SMILES string of the molecule is O=C(CCC1CCCCN1)NCCOc1ccccc1. The van der Waals surface area contributed by atoms with Crippen LogP contribution in [0, 0.1) is 0 Å². The molecule has 2 rings (SSSR count). The van der Waals surface area contributed by atoms with E-state index in [0.29, 0.717) is 25.6 Å². The molecule has 0 radical (unpaired) electrons. The molecular weight excluding hydrogens is 252 g/mol. The van der Waals surface area contributed by atoms with Crippen LogP contribution in [0.3, 0.4) is 0 Å². The van der Waals surface area contributed by atoms with E-state index in [-0.39, 0.29) is 5.91 Å². The maximum atomic E-state index is 11.7. The Balaban J connectivity index is 1.51. The average molecular weight is 276 g/mol. The van der Waals surface area contributed by atoms with E-state index < -0.39 is 0 Å². The molecule has 4 heteroatoms. The quantitative estimate of drug-likeness (QED) is 0.750. The molecule has 1 aliphatic heterocycles. The molecule has 2 N–H and O–H groups in total. The standard InChI is InChI=1S/C16H24N2O2/c19-16(10-9-14-6-4-5-11-17-14)18-12-13-20-15-7-2-1-3-8-15/h1-3,7-8,14,17H,4-6,9-13H2,(H,18,19). The summed E-state index contributed by atoms with van der Waals surface area (Å²) < 4.78 is 5.52. The highest BCUT2D eigenvalue weighted by Crippen LogP contribution is 2.11. The zero-order valence-corrected chi connectivity index (χ0v) is 11.9. The maximum Gasteiger partial charge on any atom is 0.220 e. The first-order valence-corrected chi connectivity index (χ1v) is 7.52. The van der Waals surface area contributed by atoms with E-state index in [2.05, 4.69) is 10.6 Å². The first-order valence-electron chi connectivity index (χ1n) is 7.52. The summed E-state index contributed by atoms with van der Waals surface area (Å²) in [6.07, 6.45) is 5.28. The van der Waals surface area contributed by atoms with Gasteiger partial charge in [0.1, 0.15) is 12.4 Å². The van der Waals surface area contributed by atoms with E-state index >= 15 is 0 Å². The summed E-state index contributed by atoms with van der Waals surface area (Å²) in [5.74, 6) is 0.960. The highest BCUT2D eigenvalue weighted by molar-refractivity contribution is 5.75. The first-order chi connectivity index (χ1) is 9.84. The molecule has 1 amide bonds. The number of piperidine rings is 1. The largest absolute Gasteiger partial charge is 0.492 e. The number of carbonyl (C=O) groups is 1. The maximum absolute atomic E-state index is 11.7. The van der Waals surface area contributed by atoms with Crippen molar-refractivity contribution in [3.05, 3.63) is 30.3 Å². The van der Waals surface area contributed by atoms with Crippen LogP contribution < -0.4 is 15.4 Å². The van der Waals surface area contributed by atoms with Crippen molar-refractivity contribution in [3.8, 4) is 5.75 Å². The molecule has 110 valence electrons. The lowest BCUT2D eigenvalue weighted by molar-refractivity contribution is -0.121. The van der Waals surface area contributed by atoms with E-state index in [4.69, 9.17) is 4.74 Å². The van der Waals surface area contributed by atoms with Gasteiger partial charge in [0.05, 0.1) is 6.54 Å². The molecular formula is C16H24N2O2. The molecule has 0 aromatic heterocycles. The number of nitrogens with one attached hydrogen (secondary N) is 2. The van der Waals surface area contributed by atoms with Crippen LogP contribution in [0.1, 0.15) is 32.1 Å². The van der Waals surface area contributed by atoms with Gasteiger partial charge in [-0.2, -0.15) is 0 Å². The Hall–Kier alpha value is -1.55. The Kier molecular flexibility index (Phi) is 6.38. The van der Waals surface area contributed by atoms with Crippen LogP contribution in [0.2, 0.25) is 0 Å².